The highest BCUT2D eigenvalue weighted by Crippen LogP contribution is 2.43. The molecule has 208 valence electrons. The van der Waals surface area contributed by atoms with E-state index in [2.05, 4.69) is 29.6 Å². The van der Waals surface area contributed by atoms with Crippen molar-refractivity contribution in [3.63, 3.8) is 0 Å². The zero-order valence-electron chi connectivity index (χ0n) is 22.6. The zero-order chi connectivity index (χ0) is 28.0. The first-order valence-corrected chi connectivity index (χ1v) is 13.5. The lowest BCUT2D eigenvalue weighted by atomic mass is 9.84. The van der Waals surface area contributed by atoms with Gasteiger partial charge >= 0.3 is 0 Å². The number of aliphatic hydroxyl groups is 1. The van der Waals surface area contributed by atoms with E-state index in [9.17, 15) is 4.79 Å². The van der Waals surface area contributed by atoms with Crippen LogP contribution in [0.1, 0.15) is 41.2 Å². The average molecular weight is 542 g/mol. The minimum absolute atomic E-state index is 0.0738. The number of fused-ring (bicyclic) bond motifs is 1. The number of carbonyl (C=O) groups excluding carboxylic acids is 1. The molecule has 3 N–H and O–H groups in total. The molecule has 1 heterocycles. The molecule has 1 aliphatic carbocycles. The van der Waals surface area contributed by atoms with Crippen LogP contribution in [0.2, 0.25) is 0 Å². The van der Waals surface area contributed by atoms with Gasteiger partial charge in [-0.15, -0.1) is 6.58 Å². The molecule has 0 spiro atoms. The van der Waals surface area contributed by atoms with Crippen molar-refractivity contribution in [1.82, 2.24) is 10.9 Å². The quantitative estimate of drug-likeness (QED) is 0.182. The molecule has 0 aromatic heterocycles. The van der Waals surface area contributed by atoms with Gasteiger partial charge in [0.1, 0.15) is 11.5 Å². The minimum atomic E-state index is -1.29. The number of hydrazine groups is 1. The second-order valence-corrected chi connectivity index (χ2v) is 10.0. The Balaban J connectivity index is 1.42. The molecule has 3 aromatic rings. The summed E-state index contributed by atoms with van der Waals surface area (Å²) in [6.07, 6.45) is 3.48. The van der Waals surface area contributed by atoms with Crippen molar-refractivity contribution in [3.8, 4) is 11.5 Å². The van der Waals surface area contributed by atoms with Crippen molar-refractivity contribution < 1.29 is 24.1 Å². The van der Waals surface area contributed by atoms with Gasteiger partial charge in [0.05, 0.1) is 13.7 Å². The molecular formula is C32H35N3O5. The molecule has 0 radical (unpaired) electrons. The summed E-state index contributed by atoms with van der Waals surface area (Å²) in [4.78, 5) is 19.0. The van der Waals surface area contributed by atoms with Gasteiger partial charge in [0.2, 0.25) is 5.90 Å². The molecular weight excluding hydrogens is 506 g/mol. The second-order valence-electron chi connectivity index (χ2n) is 10.0. The summed E-state index contributed by atoms with van der Waals surface area (Å²) in [5, 5.41) is 9.00. The molecule has 5 rings (SSSR count). The van der Waals surface area contributed by atoms with Gasteiger partial charge in [-0.25, -0.2) is 10.4 Å². The highest BCUT2D eigenvalue weighted by atomic mass is 16.5. The molecule has 0 bridgehead atoms. The van der Waals surface area contributed by atoms with Crippen molar-refractivity contribution in [2.75, 3.05) is 20.3 Å². The standard InChI is InChI=1S/C32H35N3O5/c1-3-16-32(31(37)35-34-26-19-23-8-4-5-9-24(23)20-26)29(25-10-6-11-28(21-25)38-2)40-30(33-32)22-12-14-27(15-13-22)39-18-7-17-36/h3-6,8-15,21,26,29,34,36H,1,7,16-20H2,2H3,(H,35,37)/t29-,32-/m0/s1. The first kappa shape index (κ1) is 27.4. The van der Waals surface area contributed by atoms with Crippen LogP contribution in [0.4, 0.5) is 0 Å². The van der Waals surface area contributed by atoms with Crippen molar-refractivity contribution in [3.05, 3.63) is 108 Å². The Hall–Kier alpha value is -4.14. The maximum absolute atomic E-state index is 14.0. The van der Waals surface area contributed by atoms with Crippen molar-refractivity contribution in [2.45, 2.75) is 43.4 Å². The van der Waals surface area contributed by atoms with Crippen LogP contribution in [0.25, 0.3) is 0 Å². The van der Waals surface area contributed by atoms with E-state index in [-0.39, 0.29) is 25.0 Å². The van der Waals surface area contributed by atoms with E-state index in [4.69, 9.17) is 24.3 Å². The largest absolute Gasteiger partial charge is 0.497 e. The van der Waals surface area contributed by atoms with E-state index < -0.39 is 11.6 Å². The summed E-state index contributed by atoms with van der Waals surface area (Å²) in [6, 6.07) is 23.3. The smallest absolute Gasteiger partial charge is 0.266 e. The Labute approximate surface area is 234 Å². The molecule has 1 amide bonds. The van der Waals surface area contributed by atoms with Crippen LogP contribution in [-0.2, 0) is 22.4 Å². The van der Waals surface area contributed by atoms with Gasteiger partial charge in [-0.2, -0.15) is 0 Å². The van der Waals surface area contributed by atoms with Gasteiger partial charge < -0.3 is 19.3 Å². The summed E-state index contributed by atoms with van der Waals surface area (Å²) in [6.45, 7) is 4.44. The van der Waals surface area contributed by atoms with Crippen molar-refractivity contribution in [1.29, 1.82) is 0 Å². The van der Waals surface area contributed by atoms with Crippen LogP contribution >= 0.6 is 0 Å². The number of aliphatic hydroxyl groups excluding tert-OH is 1. The minimum Gasteiger partial charge on any atom is -0.497 e. The van der Waals surface area contributed by atoms with Crippen molar-refractivity contribution in [2.24, 2.45) is 4.99 Å². The van der Waals surface area contributed by atoms with Gasteiger partial charge in [-0.3, -0.25) is 10.2 Å². The number of aliphatic imine (C=N–C) groups is 1. The second kappa shape index (κ2) is 12.4. The molecule has 8 heteroatoms. The monoisotopic (exact) mass is 541 g/mol. The van der Waals surface area contributed by atoms with Crippen LogP contribution < -0.4 is 20.3 Å². The number of ether oxygens (including phenoxy) is 3. The molecule has 40 heavy (non-hydrogen) atoms. The summed E-state index contributed by atoms with van der Waals surface area (Å²) in [5.74, 6) is 1.40. The lowest BCUT2D eigenvalue weighted by molar-refractivity contribution is -0.130. The molecule has 0 saturated heterocycles. The molecule has 3 aromatic carbocycles. The molecule has 1 aliphatic heterocycles. The highest BCUT2D eigenvalue weighted by Gasteiger charge is 2.52. The van der Waals surface area contributed by atoms with E-state index in [0.717, 1.165) is 24.0 Å². The van der Waals surface area contributed by atoms with E-state index in [0.29, 0.717) is 30.4 Å². The van der Waals surface area contributed by atoms with Gasteiger partial charge in [0.25, 0.3) is 5.91 Å². The van der Waals surface area contributed by atoms with Crippen molar-refractivity contribution >= 4 is 11.8 Å². The van der Waals surface area contributed by atoms with E-state index in [1.165, 1.54) is 11.1 Å². The third-order valence-corrected chi connectivity index (χ3v) is 7.32. The maximum Gasteiger partial charge on any atom is 0.266 e. The van der Waals surface area contributed by atoms with E-state index >= 15 is 0 Å². The van der Waals surface area contributed by atoms with Gasteiger partial charge in [0.15, 0.2) is 11.6 Å². The third kappa shape index (κ3) is 5.73. The first-order chi connectivity index (χ1) is 19.6. The molecule has 2 atom stereocenters. The number of amides is 1. The number of benzene rings is 3. The van der Waals surface area contributed by atoms with Gasteiger partial charge in [-0.1, -0.05) is 42.5 Å². The third-order valence-electron chi connectivity index (χ3n) is 7.32. The predicted molar refractivity (Wildman–Crippen MR) is 153 cm³/mol. The zero-order valence-corrected chi connectivity index (χ0v) is 22.6. The molecule has 2 aliphatic rings. The highest BCUT2D eigenvalue weighted by molar-refractivity contribution is 6.01. The summed E-state index contributed by atoms with van der Waals surface area (Å²) >= 11 is 0. The normalized spacial score (nSPS) is 19.9. The van der Waals surface area contributed by atoms with Gasteiger partial charge in [-0.05, 0) is 65.9 Å². The topological polar surface area (TPSA) is 101 Å². The van der Waals surface area contributed by atoms with Crippen LogP contribution in [0, 0.1) is 0 Å². The predicted octanol–water partition coefficient (Wildman–Crippen LogP) is 4.08. The number of carbonyl (C=O) groups is 1. The molecule has 0 unspecified atom stereocenters. The first-order valence-electron chi connectivity index (χ1n) is 13.5. The summed E-state index contributed by atoms with van der Waals surface area (Å²) < 4.78 is 17.6. The SMILES string of the molecule is C=CC[C@]1(C(=O)NNC2Cc3ccccc3C2)N=C(c2ccc(OCCCO)cc2)O[C@H]1c1cccc(OC)c1. The van der Waals surface area contributed by atoms with E-state index in [1.54, 1.807) is 13.2 Å². The number of rotatable bonds is 12. The Bertz CT molecular complexity index is 1350. The Morgan fingerprint density at radius 3 is 2.52 bits per heavy atom. The Morgan fingerprint density at radius 1 is 1.10 bits per heavy atom. The lowest BCUT2D eigenvalue weighted by Crippen LogP contribution is -2.55. The number of nitrogens with one attached hydrogen (secondary N) is 2. The summed E-state index contributed by atoms with van der Waals surface area (Å²) in [5.41, 5.74) is 9.00. The average Bonchev–Trinajstić information content (AvgIpc) is 3.59. The fourth-order valence-electron chi connectivity index (χ4n) is 5.28. The molecule has 8 nitrogen and oxygen atoms in total. The fraction of sp³-hybridized carbons (Fsp3) is 0.312. The number of hydrogen-bond acceptors (Lipinski definition) is 7. The van der Waals surface area contributed by atoms with Gasteiger partial charge in [0, 0.05) is 31.1 Å². The van der Waals surface area contributed by atoms with E-state index in [1.807, 2.05) is 60.7 Å². The fourth-order valence-corrected chi connectivity index (χ4v) is 5.28. The number of nitrogens with zero attached hydrogens (tertiary/aromatic N) is 1. The van der Waals surface area contributed by atoms with Crippen LogP contribution in [0.5, 0.6) is 11.5 Å². The Morgan fingerprint density at radius 2 is 1.85 bits per heavy atom. The number of methoxy groups -OCH3 is 1. The number of hydrogen-bond donors (Lipinski definition) is 3. The molecule has 0 fully saturated rings. The maximum atomic E-state index is 14.0. The Kier molecular flexibility index (Phi) is 8.48. The molecule has 0 saturated carbocycles. The lowest BCUT2D eigenvalue weighted by Gasteiger charge is -2.30. The van der Waals surface area contributed by atoms with Crippen LogP contribution in [0.3, 0.4) is 0 Å². The van der Waals surface area contributed by atoms with Crippen LogP contribution in [-0.4, -0.2) is 48.8 Å². The summed E-state index contributed by atoms with van der Waals surface area (Å²) in [7, 11) is 1.61. The van der Waals surface area contributed by atoms with Crippen LogP contribution in [0.15, 0.2) is 90.4 Å².